The molecule has 0 radical (unpaired) electrons. The van der Waals surface area contributed by atoms with E-state index in [0.717, 1.165) is 5.56 Å². The molecule has 0 saturated heterocycles. The molecule has 1 aliphatic rings. The fraction of sp³-hybridized carbons (Fsp3) is 0.333. The first-order valence-corrected chi connectivity index (χ1v) is 6.92. The molecular weight excluding hydrogens is 243 g/mol. The van der Waals surface area contributed by atoms with Crippen LogP contribution in [0.25, 0.3) is 0 Å². The van der Waals surface area contributed by atoms with Gasteiger partial charge in [0, 0.05) is 21.6 Å². The number of hydrogen-bond acceptors (Lipinski definition) is 2. The molecule has 0 aromatic heterocycles. The van der Waals surface area contributed by atoms with E-state index in [2.05, 4.69) is 0 Å². The number of hydrogen-bond donors (Lipinski definition) is 0. The highest BCUT2D eigenvalue weighted by atomic mass is 35.7. The Bertz CT molecular complexity index is 438. The predicted molar refractivity (Wildman–Crippen MR) is 57.4 cm³/mol. The van der Waals surface area contributed by atoms with Crippen molar-refractivity contribution in [1.29, 1.82) is 0 Å². The standard InChI is InChI=1S/C9H8Cl2O2S/c10-7-3-1-6(2-4-7)8-5-9(8)14(11,12)13/h1-4,8-9H,5H2. The molecule has 1 aromatic carbocycles. The van der Waals surface area contributed by atoms with E-state index in [1.165, 1.54) is 0 Å². The van der Waals surface area contributed by atoms with E-state index >= 15 is 0 Å². The minimum Gasteiger partial charge on any atom is -0.212 e. The van der Waals surface area contributed by atoms with Crippen molar-refractivity contribution in [2.45, 2.75) is 17.6 Å². The van der Waals surface area contributed by atoms with E-state index < -0.39 is 14.3 Å². The highest BCUT2D eigenvalue weighted by Crippen LogP contribution is 2.47. The monoisotopic (exact) mass is 250 g/mol. The number of benzene rings is 1. The lowest BCUT2D eigenvalue weighted by Gasteiger charge is -1.98. The molecule has 1 fully saturated rings. The molecule has 0 heterocycles. The molecule has 0 N–H and O–H groups in total. The summed E-state index contributed by atoms with van der Waals surface area (Å²) in [6.07, 6.45) is 0.619. The average molecular weight is 251 g/mol. The van der Waals surface area contributed by atoms with Crippen LogP contribution in [0.1, 0.15) is 17.9 Å². The summed E-state index contributed by atoms with van der Waals surface area (Å²) in [5.74, 6) is 0.0507. The van der Waals surface area contributed by atoms with Crippen LogP contribution < -0.4 is 0 Å². The summed E-state index contributed by atoms with van der Waals surface area (Å²) in [5, 5.41) is 0.241. The minimum absolute atomic E-state index is 0.0507. The van der Waals surface area contributed by atoms with Crippen LogP contribution in [-0.2, 0) is 9.05 Å². The second kappa shape index (κ2) is 3.40. The topological polar surface area (TPSA) is 34.1 Å². The molecule has 2 atom stereocenters. The van der Waals surface area contributed by atoms with Crippen LogP contribution in [0.15, 0.2) is 24.3 Å². The van der Waals surface area contributed by atoms with Crippen molar-refractivity contribution in [3.8, 4) is 0 Å². The Morgan fingerprint density at radius 1 is 1.21 bits per heavy atom. The first-order valence-electron chi connectivity index (χ1n) is 4.17. The van der Waals surface area contributed by atoms with Crippen molar-refractivity contribution in [3.63, 3.8) is 0 Å². The summed E-state index contributed by atoms with van der Waals surface area (Å²) in [5.41, 5.74) is 0.989. The van der Waals surface area contributed by atoms with Gasteiger partial charge in [0.2, 0.25) is 9.05 Å². The highest BCUT2D eigenvalue weighted by Gasteiger charge is 2.47. The first kappa shape index (κ1) is 10.3. The number of rotatable bonds is 2. The molecule has 2 unspecified atom stereocenters. The van der Waals surface area contributed by atoms with Crippen molar-refractivity contribution in [3.05, 3.63) is 34.9 Å². The van der Waals surface area contributed by atoms with Gasteiger partial charge in [-0.3, -0.25) is 0 Å². The molecule has 5 heteroatoms. The van der Waals surface area contributed by atoms with Crippen LogP contribution >= 0.6 is 22.3 Å². The van der Waals surface area contributed by atoms with Gasteiger partial charge in [-0.2, -0.15) is 0 Å². The predicted octanol–water partition coefficient (Wildman–Crippen LogP) is 2.76. The Balaban J connectivity index is 2.18. The average Bonchev–Trinajstić information content (AvgIpc) is 2.83. The lowest BCUT2D eigenvalue weighted by molar-refractivity contribution is 0.607. The van der Waals surface area contributed by atoms with Gasteiger partial charge in [-0.05, 0) is 24.1 Å². The van der Waals surface area contributed by atoms with Gasteiger partial charge in [-0.25, -0.2) is 8.42 Å². The van der Waals surface area contributed by atoms with E-state index in [1.54, 1.807) is 12.1 Å². The molecule has 0 spiro atoms. The summed E-state index contributed by atoms with van der Waals surface area (Å²) in [7, 11) is 1.85. The van der Waals surface area contributed by atoms with Crippen molar-refractivity contribution in [2.24, 2.45) is 0 Å². The Labute approximate surface area is 92.3 Å². The van der Waals surface area contributed by atoms with Gasteiger partial charge >= 0.3 is 0 Å². The zero-order valence-corrected chi connectivity index (χ0v) is 9.48. The van der Waals surface area contributed by atoms with E-state index in [4.69, 9.17) is 22.3 Å². The normalized spacial score (nSPS) is 26.1. The fourth-order valence-corrected chi connectivity index (χ4v) is 3.25. The maximum absolute atomic E-state index is 11.0. The summed E-state index contributed by atoms with van der Waals surface area (Å²) in [6.45, 7) is 0. The van der Waals surface area contributed by atoms with Crippen LogP contribution in [0.4, 0.5) is 0 Å². The molecule has 76 valence electrons. The molecule has 1 aromatic rings. The molecule has 0 aliphatic heterocycles. The van der Waals surface area contributed by atoms with Crippen LogP contribution in [0.5, 0.6) is 0 Å². The Hall–Kier alpha value is -0.250. The van der Waals surface area contributed by atoms with Crippen LogP contribution in [0, 0.1) is 0 Å². The Kier molecular flexibility index (Phi) is 2.50. The zero-order valence-electron chi connectivity index (χ0n) is 7.15. The molecule has 0 bridgehead atoms. The molecule has 14 heavy (non-hydrogen) atoms. The third-order valence-corrected chi connectivity index (χ3v) is 4.57. The second-order valence-electron chi connectivity index (χ2n) is 3.41. The van der Waals surface area contributed by atoms with Crippen LogP contribution in [-0.4, -0.2) is 13.7 Å². The van der Waals surface area contributed by atoms with Gasteiger partial charge in [0.15, 0.2) is 0 Å². The Morgan fingerprint density at radius 3 is 2.21 bits per heavy atom. The molecule has 0 amide bonds. The summed E-state index contributed by atoms with van der Waals surface area (Å²) >= 11 is 5.72. The lowest BCUT2D eigenvalue weighted by Crippen LogP contribution is -1.99. The molecular formula is C9H8Cl2O2S. The largest absolute Gasteiger partial charge is 0.236 e. The fourth-order valence-electron chi connectivity index (χ4n) is 1.54. The maximum atomic E-state index is 11.0. The van der Waals surface area contributed by atoms with E-state index in [9.17, 15) is 8.42 Å². The van der Waals surface area contributed by atoms with Gasteiger partial charge in [0.1, 0.15) is 0 Å². The highest BCUT2D eigenvalue weighted by molar-refractivity contribution is 8.14. The summed E-state index contributed by atoms with van der Waals surface area (Å²) in [4.78, 5) is 0. The summed E-state index contributed by atoms with van der Waals surface area (Å²) < 4.78 is 22.0. The van der Waals surface area contributed by atoms with E-state index in [1.807, 2.05) is 12.1 Å². The molecule has 2 nitrogen and oxygen atoms in total. The van der Waals surface area contributed by atoms with Crippen molar-refractivity contribution in [1.82, 2.24) is 0 Å². The minimum atomic E-state index is -3.40. The SMILES string of the molecule is O=S(=O)(Cl)C1CC1c1ccc(Cl)cc1. The number of halogens is 2. The Morgan fingerprint density at radius 2 is 1.79 bits per heavy atom. The van der Waals surface area contributed by atoms with E-state index in [0.29, 0.717) is 11.4 Å². The maximum Gasteiger partial charge on any atom is 0.236 e. The first-order chi connectivity index (χ1) is 6.48. The van der Waals surface area contributed by atoms with Gasteiger partial charge in [-0.1, -0.05) is 23.7 Å². The van der Waals surface area contributed by atoms with Crippen molar-refractivity contribution >= 4 is 31.3 Å². The van der Waals surface area contributed by atoms with Gasteiger partial charge in [0.25, 0.3) is 0 Å². The summed E-state index contributed by atoms with van der Waals surface area (Å²) in [6, 6.07) is 7.20. The molecule has 1 saturated carbocycles. The van der Waals surface area contributed by atoms with Crippen molar-refractivity contribution < 1.29 is 8.42 Å². The van der Waals surface area contributed by atoms with E-state index in [-0.39, 0.29) is 5.92 Å². The second-order valence-corrected chi connectivity index (χ2v) is 6.69. The van der Waals surface area contributed by atoms with Gasteiger partial charge in [0.05, 0.1) is 5.25 Å². The van der Waals surface area contributed by atoms with Gasteiger partial charge < -0.3 is 0 Å². The van der Waals surface area contributed by atoms with Gasteiger partial charge in [-0.15, -0.1) is 0 Å². The molecule has 1 aliphatic carbocycles. The lowest BCUT2D eigenvalue weighted by atomic mass is 10.1. The third-order valence-electron chi connectivity index (χ3n) is 2.39. The zero-order chi connectivity index (χ0) is 10.3. The van der Waals surface area contributed by atoms with Crippen LogP contribution in [0.2, 0.25) is 5.02 Å². The smallest absolute Gasteiger partial charge is 0.212 e. The quantitative estimate of drug-likeness (QED) is 0.757. The van der Waals surface area contributed by atoms with Crippen LogP contribution in [0.3, 0.4) is 0 Å². The molecule has 2 rings (SSSR count). The third kappa shape index (κ3) is 2.05. The van der Waals surface area contributed by atoms with Crippen molar-refractivity contribution in [2.75, 3.05) is 0 Å².